The molecule has 0 saturated heterocycles. The molecule has 1 N–H and O–H groups in total. The molecule has 25 heavy (non-hydrogen) atoms. The highest BCUT2D eigenvalue weighted by Gasteiger charge is 2.58. The first-order valence-electron chi connectivity index (χ1n) is 10.7. The smallest absolute Gasteiger partial charge is 0.0619 e. The molecule has 0 heterocycles. The molecule has 4 rings (SSSR count). The maximum Gasteiger partial charge on any atom is 0.0619 e. The number of ether oxygens (including phenoxy) is 1. The van der Waals surface area contributed by atoms with Crippen molar-refractivity contribution in [2.75, 3.05) is 0 Å². The molecule has 0 bridgehead atoms. The van der Waals surface area contributed by atoms with E-state index in [1.807, 2.05) is 0 Å². The standard InChI is InChI=1S/C23H38O2/c1-21(2,3)25-16-10-12-22(4)15(14-16)6-7-17-18-8-9-20(24)23(18,5)13-11-19(17)22/h6,16-20,24H,7-14H2,1-5H3/t16-,17+,18+,19+,20+,22-,23+/m0/s1. The van der Waals surface area contributed by atoms with Crippen LogP contribution in [0.1, 0.15) is 86.0 Å². The van der Waals surface area contributed by atoms with Crippen LogP contribution in [0.2, 0.25) is 0 Å². The topological polar surface area (TPSA) is 29.5 Å². The number of hydrogen-bond acceptors (Lipinski definition) is 2. The third kappa shape index (κ3) is 2.83. The van der Waals surface area contributed by atoms with Crippen molar-refractivity contribution in [1.29, 1.82) is 0 Å². The Hall–Kier alpha value is -0.340. The van der Waals surface area contributed by atoms with Gasteiger partial charge in [0.15, 0.2) is 0 Å². The van der Waals surface area contributed by atoms with E-state index in [-0.39, 0.29) is 17.1 Å². The monoisotopic (exact) mass is 346 g/mol. The quantitative estimate of drug-likeness (QED) is 0.636. The third-order valence-electron chi connectivity index (χ3n) is 8.53. The summed E-state index contributed by atoms with van der Waals surface area (Å²) in [5.41, 5.74) is 2.23. The summed E-state index contributed by atoms with van der Waals surface area (Å²) in [7, 11) is 0. The van der Waals surface area contributed by atoms with Crippen LogP contribution in [0.25, 0.3) is 0 Å². The van der Waals surface area contributed by atoms with Crippen molar-refractivity contribution in [2.24, 2.45) is 28.6 Å². The normalized spacial score (nSPS) is 49.8. The second-order valence-corrected chi connectivity index (χ2v) is 11.0. The Balaban J connectivity index is 1.56. The zero-order valence-electron chi connectivity index (χ0n) is 17.0. The van der Waals surface area contributed by atoms with E-state index >= 15 is 0 Å². The van der Waals surface area contributed by atoms with Crippen LogP contribution in [0.15, 0.2) is 11.6 Å². The molecule has 142 valence electrons. The second kappa shape index (κ2) is 5.83. The molecule has 0 radical (unpaired) electrons. The van der Waals surface area contributed by atoms with E-state index < -0.39 is 0 Å². The van der Waals surface area contributed by atoms with E-state index in [2.05, 4.69) is 40.7 Å². The highest BCUT2D eigenvalue weighted by molar-refractivity contribution is 5.25. The van der Waals surface area contributed by atoms with Gasteiger partial charge in [-0.1, -0.05) is 25.5 Å². The lowest BCUT2D eigenvalue weighted by atomic mass is 9.48. The SMILES string of the molecule is CC(C)(C)O[C@H]1CC[C@@]2(C)C(=CC[C@@H]3[C@H]4CC[C@@H](O)[C@]4(C)CC[C@H]32)C1. The number of rotatable bonds is 1. The average molecular weight is 347 g/mol. The van der Waals surface area contributed by atoms with Gasteiger partial charge in [0.05, 0.1) is 17.8 Å². The van der Waals surface area contributed by atoms with Gasteiger partial charge in [0.25, 0.3) is 0 Å². The Kier molecular flexibility index (Phi) is 4.21. The Labute approximate surface area is 154 Å². The first-order chi connectivity index (χ1) is 11.6. The van der Waals surface area contributed by atoms with Gasteiger partial charge in [-0.3, -0.25) is 0 Å². The Morgan fingerprint density at radius 1 is 1.04 bits per heavy atom. The number of aliphatic hydroxyl groups excluding tert-OH is 1. The molecule has 2 nitrogen and oxygen atoms in total. The molecular formula is C23H38O2. The predicted molar refractivity (Wildman–Crippen MR) is 102 cm³/mol. The summed E-state index contributed by atoms with van der Waals surface area (Å²) in [4.78, 5) is 0. The van der Waals surface area contributed by atoms with Crippen LogP contribution in [0.4, 0.5) is 0 Å². The molecule has 0 unspecified atom stereocenters. The zero-order valence-corrected chi connectivity index (χ0v) is 17.0. The molecule has 0 aromatic heterocycles. The van der Waals surface area contributed by atoms with E-state index in [4.69, 9.17) is 4.74 Å². The molecule has 0 aromatic rings. The van der Waals surface area contributed by atoms with Crippen molar-refractivity contribution in [2.45, 2.75) is 104 Å². The fraction of sp³-hybridized carbons (Fsp3) is 0.913. The number of fused-ring (bicyclic) bond motifs is 5. The summed E-state index contributed by atoms with van der Waals surface area (Å²) in [6.45, 7) is 11.5. The molecule has 3 saturated carbocycles. The zero-order chi connectivity index (χ0) is 18.0. The van der Waals surface area contributed by atoms with E-state index in [1.54, 1.807) is 5.57 Å². The van der Waals surface area contributed by atoms with Crippen LogP contribution in [-0.4, -0.2) is 22.9 Å². The van der Waals surface area contributed by atoms with Crippen molar-refractivity contribution >= 4 is 0 Å². The highest BCUT2D eigenvalue weighted by Crippen LogP contribution is 2.64. The summed E-state index contributed by atoms with van der Waals surface area (Å²) in [5.74, 6) is 2.36. The molecule has 0 aliphatic heterocycles. The predicted octanol–water partition coefficient (Wildman–Crippen LogP) is 5.49. The van der Waals surface area contributed by atoms with Crippen LogP contribution in [0.5, 0.6) is 0 Å². The lowest BCUT2D eigenvalue weighted by Gasteiger charge is -2.58. The molecule has 4 aliphatic rings. The highest BCUT2D eigenvalue weighted by atomic mass is 16.5. The van der Waals surface area contributed by atoms with Gasteiger partial charge in [0.1, 0.15) is 0 Å². The maximum absolute atomic E-state index is 10.6. The Bertz CT molecular complexity index is 559. The summed E-state index contributed by atoms with van der Waals surface area (Å²) in [5, 5.41) is 10.6. The van der Waals surface area contributed by atoms with Gasteiger partial charge in [-0.25, -0.2) is 0 Å². The van der Waals surface area contributed by atoms with Crippen LogP contribution in [0, 0.1) is 28.6 Å². The molecule has 7 atom stereocenters. The van der Waals surface area contributed by atoms with Crippen LogP contribution in [-0.2, 0) is 4.74 Å². The summed E-state index contributed by atoms with van der Waals surface area (Å²) < 4.78 is 6.33. The molecule has 3 fully saturated rings. The number of hydrogen-bond donors (Lipinski definition) is 1. The van der Waals surface area contributed by atoms with Crippen molar-refractivity contribution < 1.29 is 9.84 Å². The van der Waals surface area contributed by atoms with Gasteiger partial charge in [0.2, 0.25) is 0 Å². The first kappa shape index (κ1) is 18.0. The van der Waals surface area contributed by atoms with Gasteiger partial charge in [0, 0.05) is 0 Å². The minimum atomic E-state index is -0.0624. The lowest BCUT2D eigenvalue weighted by Crippen LogP contribution is -2.51. The lowest BCUT2D eigenvalue weighted by molar-refractivity contribution is -0.0988. The minimum Gasteiger partial charge on any atom is -0.393 e. The van der Waals surface area contributed by atoms with Gasteiger partial charge >= 0.3 is 0 Å². The molecule has 2 heteroatoms. The third-order valence-corrected chi connectivity index (χ3v) is 8.53. The van der Waals surface area contributed by atoms with Crippen LogP contribution in [0.3, 0.4) is 0 Å². The average Bonchev–Trinajstić information content (AvgIpc) is 2.82. The fourth-order valence-corrected chi connectivity index (χ4v) is 7.20. The summed E-state index contributed by atoms with van der Waals surface area (Å²) in [6, 6.07) is 0. The first-order valence-corrected chi connectivity index (χ1v) is 10.7. The van der Waals surface area contributed by atoms with E-state index in [0.717, 1.165) is 30.6 Å². The van der Waals surface area contributed by atoms with E-state index in [0.29, 0.717) is 11.5 Å². The Morgan fingerprint density at radius 2 is 1.80 bits per heavy atom. The molecule has 0 spiro atoms. The van der Waals surface area contributed by atoms with Crippen molar-refractivity contribution in [3.8, 4) is 0 Å². The Morgan fingerprint density at radius 3 is 2.52 bits per heavy atom. The summed E-state index contributed by atoms with van der Waals surface area (Å²) in [6.07, 6.45) is 12.6. The minimum absolute atomic E-state index is 0.0389. The second-order valence-electron chi connectivity index (χ2n) is 11.0. The molecular weight excluding hydrogens is 308 g/mol. The van der Waals surface area contributed by atoms with Gasteiger partial charge in [-0.2, -0.15) is 0 Å². The fourth-order valence-electron chi connectivity index (χ4n) is 7.20. The van der Waals surface area contributed by atoms with Crippen molar-refractivity contribution in [1.82, 2.24) is 0 Å². The maximum atomic E-state index is 10.6. The van der Waals surface area contributed by atoms with Crippen LogP contribution < -0.4 is 0 Å². The van der Waals surface area contributed by atoms with Crippen LogP contribution >= 0.6 is 0 Å². The molecule has 4 aliphatic carbocycles. The van der Waals surface area contributed by atoms with Gasteiger partial charge < -0.3 is 9.84 Å². The molecule has 0 amide bonds. The van der Waals surface area contributed by atoms with Crippen molar-refractivity contribution in [3.05, 3.63) is 11.6 Å². The number of allylic oxidation sites excluding steroid dienone is 1. The van der Waals surface area contributed by atoms with Gasteiger partial charge in [-0.15, -0.1) is 0 Å². The largest absolute Gasteiger partial charge is 0.393 e. The molecule has 0 aromatic carbocycles. The van der Waals surface area contributed by atoms with E-state index in [9.17, 15) is 5.11 Å². The number of aliphatic hydroxyl groups is 1. The van der Waals surface area contributed by atoms with Crippen molar-refractivity contribution in [3.63, 3.8) is 0 Å². The summed E-state index contributed by atoms with van der Waals surface area (Å²) >= 11 is 0. The van der Waals surface area contributed by atoms with Gasteiger partial charge in [-0.05, 0) is 101 Å². The van der Waals surface area contributed by atoms with E-state index in [1.165, 1.54) is 38.5 Å².